The van der Waals surface area contributed by atoms with Gasteiger partial charge in [-0.05, 0) is 56.5 Å². The summed E-state index contributed by atoms with van der Waals surface area (Å²) in [5.41, 5.74) is 2.66. The van der Waals surface area contributed by atoms with Crippen molar-refractivity contribution in [3.05, 3.63) is 29.3 Å². The summed E-state index contributed by atoms with van der Waals surface area (Å²) in [6.45, 7) is 2.81. The predicted octanol–water partition coefficient (Wildman–Crippen LogP) is 1.94. The molecule has 6 nitrogen and oxygen atoms in total. The molecule has 1 heterocycles. The number of nitrogens with zero attached hydrogens (tertiary/aromatic N) is 2. The van der Waals surface area contributed by atoms with Crippen molar-refractivity contribution in [1.29, 1.82) is 0 Å². The van der Waals surface area contributed by atoms with E-state index in [0.717, 1.165) is 25.0 Å². The molecule has 1 aliphatic carbocycles. The summed E-state index contributed by atoms with van der Waals surface area (Å²) in [5.74, 6) is 0.757. The van der Waals surface area contributed by atoms with Crippen molar-refractivity contribution in [3.8, 4) is 5.75 Å². The molecule has 1 aliphatic heterocycles. The van der Waals surface area contributed by atoms with E-state index in [0.29, 0.717) is 19.1 Å². The molecule has 0 aromatic heterocycles. The van der Waals surface area contributed by atoms with E-state index in [1.807, 2.05) is 6.07 Å². The Kier molecular flexibility index (Phi) is 4.76. The first-order valence-corrected chi connectivity index (χ1v) is 8.50. The Hall–Kier alpha value is -2.08. The smallest absolute Gasteiger partial charge is 0.324 e. The number of ether oxygens (including phenoxy) is 1. The number of carbonyl (C=O) groups is 2. The molecule has 2 unspecified atom stereocenters. The van der Waals surface area contributed by atoms with Crippen molar-refractivity contribution in [2.24, 2.45) is 0 Å². The van der Waals surface area contributed by atoms with Gasteiger partial charge in [0.15, 0.2) is 0 Å². The second-order valence-electron chi connectivity index (χ2n) is 6.61. The largest absolute Gasteiger partial charge is 0.497 e. The number of nitrogens with one attached hydrogen (secondary N) is 1. The molecule has 1 aromatic rings. The summed E-state index contributed by atoms with van der Waals surface area (Å²) in [4.78, 5) is 27.4. The molecule has 0 spiro atoms. The van der Waals surface area contributed by atoms with Gasteiger partial charge in [0.2, 0.25) is 0 Å². The summed E-state index contributed by atoms with van der Waals surface area (Å²) in [7, 11) is 3.75. The molecule has 3 rings (SSSR count). The van der Waals surface area contributed by atoms with Crippen LogP contribution in [0.4, 0.5) is 4.79 Å². The van der Waals surface area contributed by atoms with Crippen LogP contribution >= 0.6 is 0 Å². The number of hydrogen-bond acceptors (Lipinski definition) is 4. The minimum atomic E-state index is -0.411. The van der Waals surface area contributed by atoms with Crippen molar-refractivity contribution >= 4 is 11.9 Å². The van der Waals surface area contributed by atoms with E-state index in [9.17, 15) is 9.59 Å². The zero-order chi connectivity index (χ0) is 17.3. The zero-order valence-electron chi connectivity index (χ0n) is 14.5. The molecule has 2 atom stereocenters. The molecule has 1 fully saturated rings. The highest BCUT2D eigenvalue weighted by Gasteiger charge is 2.35. The van der Waals surface area contributed by atoms with Crippen LogP contribution in [0.15, 0.2) is 18.2 Å². The van der Waals surface area contributed by atoms with Gasteiger partial charge in [-0.15, -0.1) is 0 Å². The standard InChI is InChI=1S/C18H25N3O3/c1-12-17(22)21(18(23)19-12)10-9-20(2)16-6-4-5-13-11-14(24-3)7-8-15(13)16/h7-8,11-12,16H,4-6,9-10H2,1-3H3,(H,19,23). The third kappa shape index (κ3) is 3.11. The van der Waals surface area contributed by atoms with E-state index in [4.69, 9.17) is 4.74 Å². The number of rotatable bonds is 5. The maximum absolute atomic E-state index is 12.0. The highest BCUT2D eigenvalue weighted by molar-refractivity contribution is 6.03. The zero-order valence-corrected chi connectivity index (χ0v) is 14.5. The number of fused-ring (bicyclic) bond motifs is 1. The van der Waals surface area contributed by atoms with Crippen LogP contribution < -0.4 is 10.1 Å². The maximum Gasteiger partial charge on any atom is 0.324 e. The molecule has 0 radical (unpaired) electrons. The Morgan fingerprint density at radius 1 is 1.38 bits per heavy atom. The van der Waals surface area contributed by atoms with Gasteiger partial charge in [0.1, 0.15) is 11.8 Å². The van der Waals surface area contributed by atoms with Gasteiger partial charge < -0.3 is 10.1 Å². The van der Waals surface area contributed by atoms with E-state index < -0.39 is 6.04 Å². The van der Waals surface area contributed by atoms with Gasteiger partial charge in [-0.3, -0.25) is 14.6 Å². The van der Waals surface area contributed by atoms with Gasteiger partial charge in [-0.2, -0.15) is 0 Å². The lowest BCUT2D eigenvalue weighted by atomic mass is 9.87. The number of benzene rings is 1. The van der Waals surface area contributed by atoms with Crippen LogP contribution in [-0.2, 0) is 11.2 Å². The fraction of sp³-hybridized carbons (Fsp3) is 0.556. The number of hydrogen-bond donors (Lipinski definition) is 1. The average Bonchev–Trinajstić information content (AvgIpc) is 2.83. The van der Waals surface area contributed by atoms with Gasteiger partial charge in [-0.25, -0.2) is 4.79 Å². The van der Waals surface area contributed by atoms with Crippen molar-refractivity contribution in [1.82, 2.24) is 15.1 Å². The molecule has 3 amide bonds. The van der Waals surface area contributed by atoms with E-state index in [1.54, 1.807) is 14.0 Å². The lowest BCUT2D eigenvalue weighted by Crippen LogP contribution is -2.39. The van der Waals surface area contributed by atoms with Crippen LogP contribution in [0.5, 0.6) is 5.75 Å². The topological polar surface area (TPSA) is 61.9 Å². The number of imide groups is 1. The third-order valence-corrected chi connectivity index (χ3v) is 5.06. The molecule has 1 aromatic carbocycles. The highest BCUT2D eigenvalue weighted by Crippen LogP contribution is 2.35. The van der Waals surface area contributed by atoms with Crippen LogP contribution in [0.3, 0.4) is 0 Å². The lowest BCUT2D eigenvalue weighted by Gasteiger charge is -2.34. The van der Waals surface area contributed by atoms with Gasteiger partial charge in [0.05, 0.1) is 7.11 Å². The SMILES string of the molecule is COc1ccc2c(c1)CCCC2N(C)CCN1C(=O)NC(C)C1=O. The molecule has 0 bridgehead atoms. The van der Waals surface area contributed by atoms with E-state index in [2.05, 4.69) is 29.4 Å². The Balaban J connectivity index is 1.67. The molecule has 6 heteroatoms. The number of amides is 3. The number of urea groups is 1. The third-order valence-electron chi connectivity index (χ3n) is 5.06. The monoisotopic (exact) mass is 331 g/mol. The number of aryl methyl sites for hydroxylation is 1. The maximum atomic E-state index is 12.0. The second-order valence-corrected chi connectivity index (χ2v) is 6.61. The Morgan fingerprint density at radius 3 is 2.83 bits per heavy atom. The molecular weight excluding hydrogens is 306 g/mol. The first-order valence-electron chi connectivity index (χ1n) is 8.50. The quantitative estimate of drug-likeness (QED) is 0.838. The van der Waals surface area contributed by atoms with Gasteiger partial charge in [0.25, 0.3) is 5.91 Å². The van der Waals surface area contributed by atoms with E-state index >= 15 is 0 Å². The summed E-state index contributed by atoms with van der Waals surface area (Å²) >= 11 is 0. The Morgan fingerprint density at radius 2 is 2.17 bits per heavy atom. The van der Waals surface area contributed by atoms with Crippen molar-refractivity contribution in [3.63, 3.8) is 0 Å². The minimum Gasteiger partial charge on any atom is -0.497 e. The highest BCUT2D eigenvalue weighted by atomic mass is 16.5. The van der Waals surface area contributed by atoms with Crippen molar-refractivity contribution in [2.75, 3.05) is 27.2 Å². The summed E-state index contributed by atoms with van der Waals surface area (Å²) in [6, 6.07) is 5.89. The van der Waals surface area contributed by atoms with Crippen molar-refractivity contribution < 1.29 is 14.3 Å². The van der Waals surface area contributed by atoms with Crippen LogP contribution in [0, 0.1) is 0 Å². The average molecular weight is 331 g/mol. The molecule has 1 saturated heterocycles. The normalized spacial score (nSPS) is 23.4. The van der Waals surface area contributed by atoms with Crippen LogP contribution in [0.1, 0.15) is 36.9 Å². The first-order chi connectivity index (χ1) is 11.5. The van der Waals surface area contributed by atoms with Crippen LogP contribution in [0.2, 0.25) is 0 Å². The molecule has 24 heavy (non-hydrogen) atoms. The Labute approximate surface area is 142 Å². The molecule has 130 valence electrons. The molecular formula is C18H25N3O3. The summed E-state index contributed by atoms with van der Waals surface area (Å²) in [5, 5.41) is 2.65. The number of methoxy groups -OCH3 is 1. The van der Waals surface area contributed by atoms with Gasteiger partial charge in [-0.1, -0.05) is 6.07 Å². The number of likely N-dealkylation sites (N-methyl/N-ethyl adjacent to an activating group) is 1. The van der Waals surface area contributed by atoms with E-state index in [-0.39, 0.29) is 11.9 Å². The first kappa shape index (κ1) is 16.8. The Bertz CT molecular complexity index is 646. The van der Waals surface area contributed by atoms with Gasteiger partial charge in [0, 0.05) is 19.1 Å². The lowest BCUT2D eigenvalue weighted by molar-refractivity contribution is -0.127. The van der Waals surface area contributed by atoms with Crippen LogP contribution in [0.25, 0.3) is 0 Å². The fourth-order valence-electron chi connectivity index (χ4n) is 3.63. The molecule has 0 saturated carbocycles. The minimum absolute atomic E-state index is 0.137. The molecule has 2 aliphatic rings. The summed E-state index contributed by atoms with van der Waals surface area (Å²) in [6.07, 6.45) is 3.29. The van der Waals surface area contributed by atoms with Crippen LogP contribution in [-0.4, -0.2) is 55.0 Å². The van der Waals surface area contributed by atoms with Crippen molar-refractivity contribution in [2.45, 2.75) is 38.3 Å². The summed E-state index contributed by atoms with van der Waals surface area (Å²) < 4.78 is 5.32. The van der Waals surface area contributed by atoms with Gasteiger partial charge >= 0.3 is 6.03 Å². The second kappa shape index (κ2) is 6.81. The predicted molar refractivity (Wildman–Crippen MR) is 91.0 cm³/mol. The number of carbonyl (C=O) groups excluding carboxylic acids is 2. The molecule has 1 N–H and O–H groups in total. The van der Waals surface area contributed by atoms with E-state index in [1.165, 1.54) is 16.0 Å². The fourth-order valence-corrected chi connectivity index (χ4v) is 3.63.